The van der Waals surface area contributed by atoms with E-state index in [1.165, 1.54) is 5.56 Å². The van der Waals surface area contributed by atoms with E-state index in [0.717, 1.165) is 34.2 Å². The predicted octanol–water partition coefficient (Wildman–Crippen LogP) is 3.84. The predicted molar refractivity (Wildman–Crippen MR) is 88.7 cm³/mol. The first-order chi connectivity index (χ1) is 10.0. The van der Waals surface area contributed by atoms with Gasteiger partial charge in [0.15, 0.2) is 0 Å². The third kappa shape index (κ3) is 3.70. The van der Waals surface area contributed by atoms with E-state index in [0.29, 0.717) is 6.42 Å². The lowest BCUT2D eigenvalue weighted by molar-refractivity contribution is -0.130. The van der Waals surface area contributed by atoms with Crippen molar-refractivity contribution in [1.29, 1.82) is 0 Å². The fourth-order valence-corrected chi connectivity index (χ4v) is 3.30. The second-order valence-corrected chi connectivity index (χ2v) is 6.22. The summed E-state index contributed by atoms with van der Waals surface area (Å²) in [6, 6.07) is 8.35. The van der Waals surface area contributed by atoms with Gasteiger partial charge in [-0.25, -0.2) is 4.98 Å². The monoisotopic (exact) mass is 302 g/mol. The zero-order valence-electron chi connectivity index (χ0n) is 13.1. The van der Waals surface area contributed by atoms with Crippen molar-refractivity contribution in [1.82, 2.24) is 9.88 Å². The fraction of sp³-hybridized carbons (Fsp3) is 0.412. The first-order valence-corrected chi connectivity index (χ1v) is 8.17. The molecule has 0 radical (unpaired) electrons. The lowest BCUT2D eigenvalue weighted by Crippen LogP contribution is -2.31. The molecule has 1 aromatic carbocycles. The van der Waals surface area contributed by atoms with E-state index in [2.05, 4.69) is 36.2 Å². The standard InChI is InChI=1S/C17H22N2OS/c1-5-19(6-2)16(20)11-15-13(4)18-17(21-15)14-9-7-12(3)8-10-14/h7-10H,5-6,11H2,1-4H3. The van der Waals surface area contributed by atoms with Gasteiger partial charge in [-0.05, 0) is 27.7 Å². The van der Waals surface area contributed by atoms with Crippen molar-refractivity contribution in [3.8, 4) is 10.6 Å². The van der Waals surface area contributed by atoms with Crippen LogP contribution in [-0.2, 0) is 11.2 Å². The molecular formula is C17H22N2OS. The van der Waals surface area contributed by atoms with Crippen molar-refractivity contribution in [2.75, 3.05) is 13.1 Å². The number of carbonyl (C=O) groups is 1. The van der Waals surface area contributed by atoms with Crippen LogP contribution in [0.3, 0.4) is 0 Å². The van der Waals surface area contributed by atoms with Gasteiger partial charge in [0.1, 0.15) is 5.01 Å². The Morgan fingerprint density at radius 2 is 1.76 bits per heavy atom. The lowest BCUT2D eigenvalue weighted by Gasteiger charge is -2.18. The van der Waals surface area contributed by atoms with E-state index in [1.54, 1.807) is 11.3 Å². The average molecular weight is 302 g/mol. The van der Waals surface area contributed by atoms with Gasteiger partial charge in [0, 0.05) is 23.5 Å². The highest BCUT2D eigenvalue weighted by Crippen LogP contribution is 2.28. The number of aryl methyl sites for hydroxylation is 2. The summed E-state index contributed by atoms with van der Waals surface area (Å²) in [6.45, 7) is 9.61. The van der Waals surface area contributed by atoms with E-state index in [9.17, 15) is 4.79 Å². The van der Waals surface area contributed by atoms with Gasteiger partial charge in [-0.3, -0.25) is 4.79 Å². The summed E-state index contributed by atoms with van der Waals surface area (Å²) >= 11 is 1.63. The van der Waals surface area contributed by atoms with Gasteiger partial charge in [-0.1, -0.05) is 29.8 Å². The summed E-state index contributed by atoms with van der Waals surface area (Å²) in [5.74, 6) is 0.183. The van der Waals surface area contributed by atoms with Gasteiger partial charge in [0.05, 0.1) is 12.1 Å². The number of amides is 1. The zero-order valence-corrected chi connectivity index (χ0v) is 14.0. The maximum absolute atomic E-state index is 12.2. The second kappa shape index (κ2) is 6.85. The fourth-order valence-electron chi connectivity index (χ4n) is 2.24. The van der Waals surface area contributed by atoms with Crippen molar-refractivity contribution >= 4 is 17.2 Å². The number of thiazole rings is 1. The summed E-state index contributed by atoms with van der Waals surface area (Å²) < 4.78 is 0. The van der Waals surface area contributed by atoms with Crippen molar-refractivity contribution in [2.24, 2.45) is 0 Å². The van der Waals surface area contributed by atoms with E-state index >= 15 is 0 Å². The SMILES string of the molecule is CCN(CC)C(=O)Cc1sc(-c2ccc(C)cc2)nc1C. The van der Waals surface area contributed by atoms with E-state index in [-0.39, 0.29) is 5.91 Å². The Balaban J connectivity index is 2.19. The van der Waals surface area contributed by atoms with E-state index < -0.39 is 0 Å². The van der Waals surface area contributed by atoms with Crippen LogP contribution in [0.1, 0.15) is 30.0 Å². The molecule has 2 aromatic rings. The molecule has 0 unspecified atom stereocenters. The third-order valence-corrected chi connectivity index (χ3v) is 4.83. The quantitative estimate of drug-likeness (QED) is 0.841. The van der Waals surface area contributed by atoms with Gasteiger partial charge in [-0.2, -0.15) is 0 Å². The molecule has 1 aromatic heterocycles. The molecule has 0 bridgehead atoms. The number of carbonyl (C=O) groups excluding carboxylic acids is 1. The van der Waals surface area contributed by atoms with Gasteiger partial charge >= 0.3 is 0 Å². The van der Waals surface area contributed by atoms with Crippen LogP contribution in [0.4, 0.5) is 0 Å². The summed E-state index contributed by atoms with van der Waals surface area (Å²) in [5.41, 5.74) is 3.33. The number of benzene rings is 1. The Labute approximate surface area is 130 Å². The van der Waals surface area contributed by atoms with Crippen LogP contribution in [0.5, 0.6) is 0 Å². The minimum atomic E-state index is 0.183. The molecular weight excluding hydrogens is 280 g/mol. The third-order valence-electron chi connectivity index (χ3n) is 3.62. The van der Waals surface area contributed by atoms with Crippen molar-refractivity contribution < 1.29 is 4.79 Å². The molecule has 1 amide bonds. The molecule has 0 spiro atoms. The molecule has 0 aliphatic carbocycles. The second-order valence-electron chi connectivity index (χ2n) is 5.14. The number of aromatic nitrogens is 1. The van der Waals surface area contributed by atoms with Crippen LogP contribution in [0.2, 0.25) is 0 Å². The highest BCUT2D eigenvalue weighted by molar-refractivity contribution is 7.15. The van der Waals surface area contributed by atoms with Gasteiger partial charge < -0.3 is 4.90 Å². The maximum atomic E-state index is 12.2. The van der Waals surface area contributed by atoms with Gasteiger partial charge in [0.25, 0.3) is 0 Å². The number of rotatable bonds is 5. The van der Waals surface area contributed by atoms with Crippen molar-refractivity contribution in [2.45, 2.75) is 34.1 Å². The number of nitrogens with zero attached hydrogens (tertiary/aromatic N) is 2. The van der Waals surface area contributed by atoms with Crippen molar-refractivity contribution in [3.63, 3.8) is 0 Å². The molecule has 0 saturated heterocycles. The lowest BCUT2D eigenvalue weighted by atomic mass is 10.2. The van der Waals surface area contributed by atoms with Crippen LogP contribution in [0.15, 0.2) is 24.3 Å². The first-order valence-electron chi connectivity index (χ1n) is 7.36. The van der Waals surface area contributed by atoms with Crippen LogP contribution in [0, 0.1) is 13.8 Å². The van der Waals surface area contributed by atoms with Gasteiger partial charge in [-0.15, -0.1) is 11.3 Å². The molecule has 0 aliphatic heterocycles. The Bertz CT molecular complexity index is 612. The highest BCUT2D eigenvalue weighted by Gasteiger charge is 2.16. The van der Waals surface area contributed by atoms with E-state index in [1.807, 2.05) is 25.7 Å². The Morgan fingerprint density at radius 1 is 1.14 bits per heavy atom. The van der Waals surface area contributed by atoms with Crippen LogP contribution in [-0.4, -0.2) is 28.9 Å². The minimum Gasteiger partial charge on any atom is -0.343 e. The molecule has 112 valence electrons. The largest absolute Gasteiger partial charge is 0.343 e. The Kier molecular flexibility index (Phi) is 5.12. The minimum absolute atomic E-state index is 0.183. The number of hydrogen-bond donors (Lipinski definition) is 0. The summed E-state index contributed by atoms with van der Waals surface area (Å²) in [7, 11) is 0. The van der Waals surface area contributed by atoms with Crippen LogP contribution < -0.4 is 0 Å². The van der Waals surface area contributed by atoms with Crippen LogP contribution >= 0.6 is 11.3 Å². The smallest absolute Gasteiger partial charge is 0.227 e. The summed E-state index contributed by atoms with van der Waals surface area (Å²) in [4.78, 5) is 19.8. The molecule has 4 heteroatoms. The van der Waals surface area contributed by atoms with E-state index in [4.69, 9.17) is 0 Å². The molecule has 0 atom stereocenters. The molecule has 3 nitrogen and oxygen atoms in total. The highest BCUT2D eigenvalue weighted by atomic mass is 32.1. The number of hydrogen-bond acceptors (Lipinski definition) is 3. The number of likely N-dealkylation sites (N-methyl/N-ethyl adjacent to an activating group) is 1. The van der Waals surface area contributed by atoms with Gasteiger partial charge in [0.2, 0.25) is 5.91 Å². The average Bonchev–Trinajstić information content (AvgIpc) is 2.82. The molecule has 21 heavy (non-hydrogen) atoms. The first kappa shape index (κ1) is 15.7. The van der Waals surface area contributed by atoms with Crippen LogP contribution in [0.25, 0.3) is 10.6 Å². The summed E-state index contributed by atoms with van der Waals surface area (Å²) in [5, 5.41) is 0.995. The van der Waals surface area contributed by atoms with Crippen molar-refractivity contribution in [3.05, 3.63) is 40.4 Å². The maximum Gasteiger partial charge on any atom is 0.227 e. The molecule has 0 N–H and O–H groups in total. The Hall–Kier alpha value is -1.68. The molecule has 0 fully saturated rings. The molecule has 1 heterocycles. The summed E-state index contributed by atoms with van der Waals surface area (Å²) in [6.07, 6.45) is 0.455. The molecule has 0 aliphatic rings. The zero-order chi connectivity index (χ0) is 15.4. The topological polar surface area (TPSA) is 33.2 Å². The molecule has 2 rings (SSSR count). The Morgan fingerprint density at radius 3 is 2.33 bits per heavy atom. The normalized spacial score (nSPS) is 10.7. The molecule has 0 saturated carbocycles.